The van der Waals surface area contributed by atoms with Crippen LogP contribution in [0.25, 0.3) is 22.3 Å². The Bertz CT molecular complexity index is 1100. The average molecular weight is 437 g/mol. The van der Waals surface area contributed by atoms with E-state index in [1.54, 1.807) is 0 Å². The second kappa shape index (κ2) is 9.95. The van der Waals surface area contributed by atoms with Gasteiger partial charge in [-0.25, -0.2) is 0 Å². The van der Waals surface area contributed by atoms with E-state index in [0.717, 1.165) is 47.9 Å². The molecular formula is C31H32O2. The Morgan fingerprint density at radius 3 is 1.30 bits per heavy atom. The Labute approximate surface area is 197 Å². The van der Waals surface area contributed by atoms with Gasteiger partial charge in [0.05, 0.1) is 0 Å². The minimum Gasteiger partial charge on any atom is -0.507 e. The smallest absolute Gasteiger partial charge is 0.123 e. The van der Waals surface area contributed by atoms with Crippen LogP contribution in [0.4, 0.5) is 0 Å². The molecule has 2 heteroatoms. The highest BCUT2D eigenvalue weighted by atomic mass is 16.3. The zero-order valence-corrected chi connectivity index (χ0v) is 19.5. The van der Waals surface area contributed by atoms with Crippen LogP contribution in [0.5, 0.6) is 11.5 Å². The summed E-state index contributed by atoms with van der Waals surface area (Å²) in [7, 11) is 0. The number of phenolic OH excluding ortho intramolecular Hbond substituents is 2. The van der Waals surface area contributed by atoms with Crippen molar-refractivity contribution in [1.29, 1.82) is 0 Å². The van der Waals surface area contributed by atoms with Crippen LogP contribution in [0.2, 0.25) is 0 Å². The molecule has 33 heavy (non-hydrogen) atoms. The Morgan fingerprint density at radius 2 is 0.939 bits per heavy atom. The Kier molecular flexibility index (Phi) is 6.84. The van der Waals surface area contributed by atoms with Crippen molar-refractivity contribution in [2.24, 2.45) is 0 Å². The Morgan fingerprint density at radius 1 is 0.545 bits per heavy atom. The molecule has 4 aromatic carbocycles. The summed E-state index contributed by atoms with van der Waals surface area (Å²) in [5.74, 6) is 0.588. The van der Waals surface area contributed by atoms with E-state index < -0.39 is 0 Å². The third-order valence-corrected chi connectivity index (χ3v) is 6.62. The monoisotopic (exact) mass is 436 g/mol. The summed E-state index contributed by atoms with van der Waals surface area (Å²) >= 11 is 0. The summed E-state index contributed by atoms with van der Waals surface area (Å²) in [6, 6.07) is 32.2. The standard InChI is InChI=1S/C31H32O2/c1-3-19-31(20-4-2,25-15-17-29(32)27(21-25)23-11-7-5-8-12-23)26-16-18-30(33)28(22-26)24-13-9-6-10-14-24/h5-18,21-22,32-33H,3-4,19-20H2,1-2H3. The fourth-order valence-electron chi connectivity index (χ4n) is 5.09. The van der Waals surface area contributed by atoms with E-state index in [1.165, 1.54) is 11.1 Å². The molecule has 0 aliphatic heterocycles. The quantitative estimate of drug-likeness (QED) is 0.291. The minimum atomic E-state index is -0.210. The van der Waals surface area contributed by atoms with Gasteiger partial charge in [-0.05, 0) is 59.4 Å². The molecule has 2 nitrogen and oxygen atoms in total. The molecule has 0 aromatic heterocycles. The van der Waals surface area contributed by atoms with Gasteiger partial charge in [0.25, 0.3) is 0 Å². The molecule has 168 valence electrons. The number of hydrogen-bond acceptors (Lipinski definition) is 2. The fourth-order valence-corrected chi connectivity index (χ4v) is 5.09. The van der Waals surface area contributed by atoms with E-state index in [2.05, 4.69) is 38.1 Å². The van der Waals surface area contributed by atoms with Crippen LogP contribution in [0, 0.1) is 0 Å². The predicted molar refractivity (Wildman–Crippen MR) is 138 cm³/mol. The van der Waals surface area contributed by atoms with Gasteiger partial charge >= 0.3 is 0 Å². The molecule has 0 fully saturated rings. The van der Waals surface area contributed by atoms with Crippen LogP contribution in [0.1, 0.15) is 50.7 Å². The predicted octanol–water partition coefficient (Wildman–Crippen LogP) is 8.32. The summed E-state index contributed by atoms with van der Waals surface area (Å²) in [6.45, 7) is 4.45. The molecule has 0 bridgehead atoms. The summed E-state index contributed by atoms with van der Waals surface area (Å²) in [5, 5.41) is 21.4. The molecule has 2 N–H and O–H groups in total. The van der Waals surface area contributed by atoms with Gasteiger partial charge in [0.15, 0.2) is 0 Å². The molecule has 0 amide bonds. The van der Waals surface area contributed by atoms with Crippen LogP contribution < -0.4 is 0 Å². The van der Waals surface area contributed by atoms with Crippen molar-refractivity contribution in [3.8, 4) is 33.8 Å². The fraction of sp³-hybridized carbons (Fsp3) is 0.226. The largest absolute Gasteiger partial charge is 0.507 e. The van der Waals surface area contributed by atoms with Gasteiger partial charge in [0.1, 0.15) is 11.5 Å². The molecule has 0 spiro atoms. The van der Waals surface area contributed by atoms with Gasteiger partial charge in [-0.15, -0.1) is 0 Å². The number of aromatic hydroxyl groups is 2. The first-order valence-corrected chi connectivity index (χ1v) is 11.9. The highest BCUT2D eigenvalue weighted by Gasteiger charge is 2.34. The molecule has 0 aliphatic carbocycles. The normalized spacial score (nSPS) is 11.5. The van der Waals surface area contributed by atoms with Crippen molar-refractivity contribution in [2.45, 2.75) is 44.9 Å². The summed E-state index contributed by atoms with van der Waals surface area (Å²) in [6.07, 6.45) is 4.03. The highest BCUT2D eigenvalue weighted by Crippen LogP contribution is 2.45. The molecule has 4 rings (SSSR count). The SMILES string of the molecule is CCCC(CCC)(c1ccc(O)c(-c2ccccc2)c1)c1ccc(O)c(-c2ccccc2)c1. The lowest BCUT2D eigenvalue weighted by Gasteiger charge is -2.36. The molecule has 0 aliphatic rings. The molecule has 4 aromatic rings. The minimum absolute atomic E-state index is 0.210. The number of rotatable bonds is 8. The topological polar surface area (TPSA) is 40.5 Å². The van der Waals surface area contributed by atoms with E-state index in [-0.39, 0.29) is 5.41 Å². The second-order valence-corrected chi connectivity index (χ2v) is 8.78. The molecule has 0 radical (unpaired) electrons. The first kappa shape index (κ1) is 22.7. The van der Waals surface area contributed by atoms with Gasteiger partial charge in [-0.1, -0.05) is 99.5 Å². The summed E-state index contributed by atoms with van der Waals surface area (Å²) < 4.78 is 0. The van der Waals surface area contributed by atoms with Crippen LogP contribution in [0.15, 0.2) is 97.1 Å². The van der Waals surface area contributed by atoms with Crippen molar-refractivity contribution in [1.82, 2.24) is 0 Å². The van der Waals surface area contributed by atoms with Gasteiger partial charge in [-0.2, -0.15) is 0 Å². The van der Waals surface area contributed by atoms with Crippen molar-refractivity contribution in [3.63, 3.8) is 0 Å². The third kappa shape index (κ3) is 4.52. The van der Waals surface area contributed by atoms with Gasteiger partial charge in [0.2, 0.25) is 0 Å². The van der Waals surface area contributed by atoms with Crippen molar-refractivity contribution in [2.75, 3.05) is 0 Å². The molecule has 0 unspecified atom stereocenters. The van der Waals surface area contributed by atoms with Crippen LogP contribution in [0.3, 0.4) is 0 Å². The van der Waals surface area contributed by atoms with Gasteiger partial charge < -0.3 is 10.2 Å². The van der Waals surface area contributed by atoms with Crippen molar-refractivity contribution < 1.29 is 10.2 Å². The average Bonchev–Trinajstić information content (AvgIpc) is 2.85. The zero-order valence-electron chi connectivity index (χ0n) is 19.5. The maximum Gasteiger partial charge on any atom is 0.123 e. The third-order valence-electron chi connectivity index (χ3n) is 6.62. The van der Waals surface area contributed by atoms with Crippen molar-refractivity contribution in [3.05, 3.63) is 108 Å². The Hall–Kier alpha value is -3.52. The molecule has 0 saturated carbocycles. The van der Waals surface area contributed by atoms with Gasteiger partial charge in [0, 0.05) is 16.5 Å². The maximum atomic E-state index is 10.7. The highest BCUT2D eigenvalue weighted by molar-refractivity contribution is 5.73. The number of hydrogen-bond donors (Lipinski definition) is 2. The lowest BCUT2D eigenvalue weighted by atomic mass is 9.67. The maximum absolute atomic E-state index is 10.7. The number of benzene rings is 4. The number of phenols is 2. The molecule has 0 atom stereocenters. The van der Waals surface area contributed by atoms with Crippen molar-refractivity contribution >= 4 is 0 Å². The lowest BCUT2D eigenvalue weighted by Crippen LogP contribution is -2.28. The summed E-state index contributed by atoms with van der Waals surface area (Å²) in [5.41, 5.74) is 5.92. The second-order valence-electron chi connectivity index (χ2n) is 8.78. The van der Waals surface area contributed by atoms with E-state index in [4.69, 9.17) is 0 Å². The van der Waals surface area contributed by atoms with Crippen LogP contribution >= 0.6 is 0 Å². The first-order chi connectivity index (χ1) is 16.1. The van der Waals surface area contributed by atoms with E-state index in [9.17, 15) is 10.2 Å². The van der Waals surface area contributed by atoms with Crippen LogP contribution in [-0.2, 0) is 5.41 Å². The van der Waals surface area contributed by atoms with E-state index in [1.807, 2.05) is 72.8 Å². The lowest BCUT2D eigenvalue weighted by molar-refractivity contribution is 0.423. The molecule has 0 saturated heterocycles. The Balaban J connectivity index is 1.92. The zero-order chi connectivity index (χ0) is 23.3. The van der Waals surface area contributed by atoms with Gasteiger partial charge in [-0.3, -0.25) is 0 Å². The summed E-state index contributed by atoms with van der Waals surface area (Å²) in [4.78, 5) is 0. The van der Waals surface area contributed by atoms with Crippen LogP contribution in [-0.4, -0.2) is 10.2 Å². The molecular weight excluding hydrogens is 404 g/mol. The molecule has 0 heterocycles. The van der Waals surface area contributed by atoms with E-state index >= 15 is 0 Å². The van der Waals surface area contributed by atoms with E-state index in [0.29, 0.717) is 11.5 Å². The first-order valence-electron chi connectivity index (χ1n) is 11.9.